The fourth-order valence-corrected chi connectivity index (χ4v) is 4.49. The second kappa shape index (κ2) is 9.44. The number of aromatic nitrogens is 2. The third-order valence-electron chi connectivity index (χ3n) is 6.25. The molecule has 1 amide bonds. The molecular formula is C25H29N5O3. The number of carbonyl (C=O) groups is 1. The molecule has 4 rings (SSSR count). The van der Waals surface area contributed by atoms with Crippen molar-refractivity contribution in [2.75, 3.05) is 25.0 Å². The summed E-state index contributed by atoms with van der Waals surface area (Å²) in [7, 11) is 1.83. The molecule has 33 heavy (non-hydrogen) atoms. The van der Waals surface area contributed by atoms with Crippen LogP contribution >= 0.6 is 0 Å². The molecule has 1 aromatic heterocycles. The Morgan fingerprint density at radius 3 is 2.39 bits per heavy atom. The number of hydrogen-bond donors (Lipinski definition) is 0. The van der Waals surface area contributed by atoms with Crippen LogP contribution in [0.4, 0.5) is 11.4 Å². The van der Waals surface area contributed by atoms with Crippen molar-refractivity contribution in [3.8, 4) is 0 Å². The van der Waals surface area contributed by atoms with Crippen LogP contribution in [-0.4, -0.2) is 45.6 Å². The molecule has 0 spiro atoms. The standard InChI is InChI=1S/C25H29N5O3/c1-18-24(30(32)33)19(2)29(26-18)16-20-10-12-21(13-11-20)25(31)27(3)17-22-8-4-5-9-23(22)28-14-6-7-15-28/h4-5,8-13H,6-7,14-17H2,1-3H3. The molecule has 0 radical (unpaired) electrons. The number of anilines is 1. The largest absolute Gasteiger partial charge is 0.371 e. The third kappa shape index (κ3) is 4.74. The van der Waals surface area contributed by atoms with Crippen LogP contribution in [0.15, 0.2) is 48.5 Å². The lowest BCUT2D eigenvalue weighted by Gasteiger charge is -2.24. The van der Waals surface area contributed by atoms with Gasteiger partial charge in [-0.25, -0.2) is 0 Å². The molecule has 3 aromatic rings. The van der Waals surface area contributed by atoms with E-state index in [1.807, 2.05) is 25.2 Å². The van der Waals surface area contributed by atoms with Gasteiger partial charge in [0.05, 0.1) is 11.5 Å². The summed E-state index contributed by atoms with van der Waals surface area (Å²) in [4.78, 5) is 28.0. The van der Waals surface area contributed by atoms with Gasteiger partial charge in [-0.3, -0.25) is 19.6 Å². The van der Waals surface area contributed by atoms with Crippen LogP contribution in [0.5, 0.6) is 0 Å². The normalized spacial score (nSPS) is 13.4. The summed E-state index contributed by atoms with van der Waals surface area (Å²) in [6, 6.07) is 15.7. The van der Waals surface area contributed by atoms with E-state index in [2.05, 4.69) is 28.2 Å². The summed E-state index contributed by atoms with van der Waals surface area (Å²) in [6.07, 6.45) is 2.42. The summed E-state index contributed by atoms with van der Waals surface area (Å²) >= 11 is 0. The summed E-state index contributed by atoms with van der Waals surface area (Å²) in [5, 5.41) is 15.5. The van der Waals surface area contributed by atoms with Crippen molar-refractivity contribution in [3.63, 3.8) is 0 Å². The minimum atomic E-state index is -0.395. The third-order valence-corrected chi connectivity index (χ3v) is 6.25. The predicted octanol–water partition coefficient (Wildman–Crippen LogP) is 4.33. The van der Waals surface area contributed by atoms with Crippen molar-refractivity contribution in [1.29, 1.82) is 0 Å². The van der Waals surface area contributed by atoms with Crippen molar-refractivity contribution in [3.05, 3.63) is 86.7 Å². The van der Waals surface area contributed by atoms with Crippen LogP contribution in [0.2, 0.25) is 0 Å². The van der Waals surface area contributed by atoms with E-state index in [1.165, 1.54) is 18.5 Å². The molecule has 172 valence electrons. The van der Waals surface area contributed by atoms with Crippen molar-refractivity contribution in [1.82, 2.24) is 14.7 Å². The number of nitrogens with zero attached hydrogens (tertiary/aromatic N) is 5. The number of carbonyl (C=O) groups excluding carboxylic acids is 1. The summed E-state index contributed by atoms with van der Waals surface area (Å²) in [5.74, 6) is -0.0421. The van der Waals surface area contributed by atoms with Crippen LogP contribution in [0.1, 0.15) is 45.7 Å². The Balaban J connectivity index is 1.45. The van der Waals surface area contributed by atoms with Crippen LogP contribution in [0, 0.1) is 24.0 Å². The molecule has 1 aliphatic heterocycles. The summed E-state index contributed by atoms with van der Waals surface area (Å²) in [6.45, 7) is 6.42. The van der Waals surface area contributed by atoms with Gasteiger partial charge in [0, 0.05) is 37.9 Å². The number of benzene rings is 2. The van der Waals surface area contributed by atoms with E-state index in [0.29, 0.717) is 30.0 Å². The summed E-state index contributed by atoms with van der Waals surface area (Å²) < 4.78 is 1.63. The zero-order valence-electron chi connectivity index (χ0n) is 19.3. The number of para-hydroxylation sites is 1. The molecule has 0 unspecified atom stereocenters. The van der Waals surface area contributed by atoms with Crippen LogP contribution in [-0.2, 0) is 13.1 Å². The number of aryl methyl sites for hydroxylation is 1. The molecule has 1 saturated heterocycles. The molecule has 8 heteroatoms. The van der Waals surface area contributed by atoms with E-state index in [1.54, 1.807) is 35.6 Å². The predicted molar refractivity (Wildman–Crippen MR) is 128 cm³/mol. The van der Waals surface area contributed by atoms with E-state index in [-0.39, 0.29) is 11.6 Å². The molecule has 8 nitrogen and oxygen atoms in total. The highest BCUT2D eigenvalue weighted by molar-refractivity contribution is 5.94. The average molecular weight is 448 g/mol. The monoisotopic (exact) mass is 447 g/mol. The Hall–Kier alpha value is -3.68. The first-order chi connectivity index (χ1) is 15.8. The van der Waals surface area contributed by atoms with Gasteiger partial charge in [-0.15, -0.1) is 0 Å². The Bertz CT molecular complexity index is 1160. The average Bonchev–Trinajstić information content (AvgIpc) is 3.42. The molecule has 0 atom stereocenters. The van der Waals surface area contributed by atoms with Gasteiger partial charge >= 0.3 is 5.69 Å². The quantitative estimate of drug-likeness (QED) is 0.398. The van der Waals surface area contributed by atoms with E-state index < -0.39 is 4.92 Å². The smallest absolute Gasteiger partial charge is 0.312 e. The summed E-state index contributed by atoms with van der Waals surface area (Å²) in [5.41, 5.74) is 4.88. The Morgan fingerprint density at radius 2 is 1.76 bits per heavy atom. The molecular weight excluding hydrogens is 418 g/mol. The zero-order valence-corrected chi connectivity index (χ0v) is 19.3. The SMILES string of the molecule is Cc1nn(Cc2ccc(C(=O)N(C)Cc3ccccc3N3CCCC3)cc2)c(C)c1[N+](=O)[O-]. The molecule has 0 aliphatic carbocycles. The first-order valence-electron chi connectivity index (χ1n) is 11.2. The maximum atomic E-state index is 13.0. The molecule has 1 fully saturated rings. The van der Waals surface area contributed by atoms with E-state index >= 15 is 0 Å². The lowest BCUT2D eigenvalue weighted by atomic mass is 10.1. The van der Waals surface area contributed by atoms with Crippen molar-refractivity contribution < 1.29 is 9.72 Å². The fraction of sp³-hybridized carbons (Fsp3) is 0.360. The number of amides is 1. The zero-order chi connectivity index (χ0) is 23.5. The van der Waals surface area contributed by atoms with Gasteiger partial charge in [-0.2, -0.15) is 5.10 Å². The van der Waals surface area contributed by atoms with Gasteiger partial charge in [0.25, 0.3) is 5.91 Å². The fourth-order valence-electron chi connectivity index (χ4n) is 4.49. The van der Waals surface area contributed by atoms with Gasteiger partial charge in [0.1, 0.15) is 11.4 Å². The molecule has 1 aliphatic rings. The molecule has 2 aromatic carbocycles. The number of nitro groups is 1. The van der Waals surface area contributed by atoms with Gasteiger partial charge < -0.3 is 9.80 Å². The van der Waals surface area contributed by atoms with Crippen molar-refractivity contribution in [2.45, 2.75) is 39.8 Å². The van der Waals surface area contributed by atoms with Gasteiger partial charge in [-0.05, 0) is 56.0 Å². The highest BCUT2D eigenvalue weighted by atomic mass is 16.6. The Kier molecular flexibility index (Phi) is 6.44. The lowest BCUT2D eigenvalue weighted by Crippen LogP contribution is -2.28. The van der Waals surface area contributed by atoms with E-state index in [9.17, 15) is 14.9 Å². The molecule has 0 bridgehead atoms. The first kappa shape index (κ1) is 22.5. The second-order valence-corrected chi connectivity index (χ2v) is 8.62. The van der Waals surface area contributed by atoms with Crippen LogP contribution in [0.3, 0.4) is 0 Å². The van der Waals surface area contributed by atoms with Crippen LogP contribution in [0.25, 0.3) is 0 Å². The highest BCUT2D eigenvalue weighted by Gasteiger charge is 2.22. The van der Waals surface area contributed by atoms with E-state index in [4.69, 9.17) is 0 Å². The second-order valence-electron chi connectivity index (χ2n) is 8.62. The number of rotatable bonds is 7. The van der Waals surface area contributed by atoms with Gasteiger partial charge in [-0.1, -0.05) is 30.3 Å². The van der Waals surface area contributed by atoms with Crippen molar-refractivity contribution >= 4 is 17.3 Å². The van der Waals surface area contributed by atoms with E-state index in [0.717, 1.165) is 24.2 Å². The minimum absolute atomic E-state index is 0.0421. The maximum Gasteiger partial charge on any atom is 0.312 e. The Labute approximate surface area is 193 Å². The molecule has 0 N–H and O–H groups in total. The highest BCUT2D eigenvalue weighted by Crippen LogP contribution is 2.26. The van der Waals surface area contributed by atoms with Gasteiger partial charge in [0.15, 0.2) is 0 Å². The first-order valence-corrected chi connectivity index (χ1v) is 11.2. The van der Waals surface area contributed by atoms with Crippen LogP contribution < -0.4 is 4.90 Å². The molecule has 2 heterocycles. The van der Waals surface area contributed by atoms with Gasteiger partial charge in [0.2, 0.25) is 0 Å². The Morgan fingerprint density at radius 1 is 1.09 bits per heavy atom. The topological polar surface area (TPSA) is 84.5 Å². The number of hydrogen-bond acceptors (Lipinski definition) is 5. The molecule has 0 saturated carbocycles. The minimum Gasteiger partial charge on any atom is -0.371 e. The maximum absolute atomic E-state index is 13.0. The van der Waals surface area contributed by atoms with Crippen molar-refractivity contribution in [2.24, 2.45) is 0 Å². The lowest BCUT2D eigenvalue weighted by molar-refractivity contribution is -0.386.